The second-order valence-electron chi connectivity index (χ2n) is 18.2. The molecule has 1 heteroatoms. The van der Waals surface area contributed by atoms with Crippen LogP contribution in [0.15, 0.2) is 127 Å². The minimum absolute atomic E-state index is 0.0778. The smallest absolute Gasteiger partial charge is 0.0465 e. The van der Waals surface area contributed by atoms with Gasteiger partial charge in [-0.25, -0.2) is 0 Å². The molecule has 0 spiro atoms. The van der Waals surface area contributed by atoms with Crippen molar-refractivity contribution in [1.82, 2.24) is 0 Å². The molecule has 4 aliphatic rings. The first-order valence-corrected chi connectivity index (χ1v) is 21.3. The molecule has 0 aliphatic heterocycles. The van der Waals surface area contributed by atoms with Crippen LogP contribution >= 0.6 is 0 Å². The van der Waals surface area contributed by atoms with Gasteiger partial charge in [0.25, 0.3) is 0 Å². The molecule has 0 heterocycles. The van der Waals surface area contributed by atoms with Gasteiger partial charge in [0.1, 0.15) is 0 Å². The first kappa shape index (κ1) is 34.6. The lowest BCUT2D eigenvalue weighted by Crippen LogP contribution is -2.17. The van der Waals surface area contributed by atoms with Crippen LogP contribution in [0.3, 0.4) is 0 Å². The van der Waals surface area contributed by atoms with E-state index in [1.165, 1.54) is 148 Å². The van der Waals surface area contributed by atoms with Gasteiger partial charge in [-0.05, 0) is 141 Å². The molecule has 1 nitrogen and oxygen atoms in total. The molecule has 0 unspecified atom stereocenters. The number of hydrogen-bond donors (Lipinski definition) is 0. The van der Waals surface area contributed by atoms with E-state index in [2.05, 4.69) is 160 Å². The molecule has 0 bridgehead atoms. The highest BCUT2D eigenvalue weighted by Crippen LogP contribution is 2.57. The Hall–Kier alpha value is -4.88. The highest BCUT2D eigenvalue weighted by Gasteiger charge is 2.41. The van der Waals surface area contributed by atoms with Gasteiger partial charge in [0.05, 0.1) is 0 Å². The molecule has 0 N–H and O–H groups in total. The SMILES string of the molecule is CC1(C)c2cc(N(c3ccc(C4CCCCC4)cc3)c3ccc(C4CCCCC4)cc3)ccc2-c2c(-c3cccc4c3C(C)(C)c3ccccc3-4)cccc21. The molecular formula is C54H55N. The van der Waals surface area contributed by atoms with Crippen molar-refractivity contribution in [2.45, 2.75) is 115 Å². The number of fused-ring (bicyclic) bond motifs is 6. The summed E-state index contributed by atoms with van der Waals surface area (Å²) >= 11 is 0. The minimum Gasteiger partial charge on any atom is -0.310 e. The number of benzene rings is 6. The van der Waals surface area contributed by atoms with Gasteiger partial charge in [-0.1, -0.05) is 157 Å². The summed E-state index contributed by atoms with van der Waals surface area (Å²) < 4.78 is 0. The number of nitrogens with zero attached hydrogens (tertiary/aromatic N) is 1. The van der Waals surface area contributed by atoms with Crippen molar-refractivity contribution in [1.29, 1.82) is 0 Å². The van der Waals surface area contributed by atoms with Crippen LogP contribution in [0.2, 0.25) is 0 Å². The second-order valence-corrected chi connectivity index (χ2v) is 18.2. The molecule has 276 valence electrons. The van der Waals surface area contributed by atoms with Crippen LogP contribution in [0.4, 0.5) is 17.1 Å². The molecule has 0 saturated heterocycles. The third kappa shape index (κ3) is 5.63. The fourth-order valence-corrected chi connectivity index (χ4v) is 11.3. The van der Waals surface area contributed by atoms with E-state index in [-0.39, 0.29) is 10.8 Å². The quantitative estimate of drug-likeness (QED) is 0.166. The molecule has 0 amide bonds. The molecule has 10 rings (SSSR count). The van der Waals surface area contributed by atoms with Gasteiger partial charge in [-0.3, -0.25) is 0 Å². The molecule has 0 aromatic heterocycles. The Balaban J connectivity index is 1.08. The van der Waals surface area contributed by atoms with E-state index in [9.17, 15) is 0 Å². The first-order valence-electron chi connectivity index (χ1n) is 21.3. The highest BCUT2D eigenvalue weighted by molar-refractivity contribution is 5.97. The Morgan fingerprint density at radius 1 is 0.400 bits per heavy atom. The molecule has 0 atom stereocenters. The lowest BCUT2D eigenvalue weighted by molar-refractivity contribution is 0.443. The van der Waals surface area contributed by atoms with E-state index in [1.54, 1.807) is 0 Å². The molecule has 55 heavy (non-hydrogen) atoms. The van der Waals surface area contributed by atoms with Crippen LogP contribution in [-0.2, 0) is 10.8 Å². The zero-order valence-corrected chi connectivity index (χ0v) is 33.3. The van der Waals surface area contributed by atoms with Crippen LogP contribution in [0, 0.1) is 0 Å². The van der Waals surface area contributed by atoms with Crippen molar-refractivity contribution in [2.24, 2.45) is 0 Å². The third-order valence-corrected chi connectivity index (χ3v) is 14.3. The predicted molar refractivity (Wildman–Crippen MR) is 233 cm³/mol. The summed E-state index contributed by atoms with van der Waals surface area (Å²) in [6, 6.07) is 49.6. The molecule has 2 saturated carbocycles. The largest absolute Gasteiger partial charge is 0.310 e. The minimum atomic E-state index is -0.144. The van der Waals surface area contributed by atoms with Crippen molar-refractivity contribution in [2.75, 3.05) is 4.90 Å². The van der Waals surface area contributed by atoms with Gasteiger partial charge >= 0.3 is 0 Å². The van der Waals surface area contributed by atoms with Gasteiger partial charge in [0.2, 0.25) is 0 Å². The van der Waals surface area contributed by atoms with Crippen LogP contribution in [0.1, 0.15) is 137 Å². The Labute approximate surface area is 329 Å². The Morgan fingerprint density at radius 3 is 1.51 bits per heavy atom. The van der Waals surface area contributed by atoms with Crippen LogP contribution in [-0.4, -0.2) is 0 Å². The lowest BCUT2D eigenvalue weighted by Gasteiger charge is -2.29. The average Bonchev–Trinajstić information content (AvgIpc) is 3.62. The standard InChI is InChI=1S/C54H55N/c1-53(2)49-24-14-20-44(46-22-13-21-45-43-19-11-12-23-48(43)54(3,4)52(45)46)51(49)47-34-33-42(35-50(47)53)55(40-29-25-38(26-30-40)36-15-7-5-8-16-36)41-31-27-39(28-32-41)37-17-9-6-10-18-37/h11-14,19-37H,5-10,15-18H2,1-4H3. The summed E-state index contributed by atoms with van der Waals surface area (Å²) in [5.74, 6) is 1.40. The molecular weight excluding hydrogens is 663 g/mol. The van der Waals surface area contributed by atoms with Crippen molar-refractivity contribution < 1.29 is 0 Å². The number of hydrogen-bond acceptors (Lipinski definition) is 1. The monoisotopic (exact) mass is 717 g/mol. The van der Waals surface area contributed by atoms with Crippen molar-refractivity contribution in [3.8, 4) is 33.4 Å². The number of rotatable bonds is 6. The highest BCUT2D eigenvalue weighted by atomic mass is 15.1. The second kappa shape index (κ2) is 13.4. The molecule has 2 fully saturated rings. The predicted octanol–water partition coefficient (Wildman–Crippen LogP) is 15.5. The summed E-state index contributed by atoms with van der Waals surface area (Å²) in [5, 5.41) is 0. The van der Waals surface area contributed by atoms with Crippen LogP contribution in [0.25, 0.3) is 33.4 Å². The Morgan fingerprint density at radius 2 is 0.891 bits per heavy atom. The molecule has 6 aromatic rings. The average molecular weight is 718 g/mol. The summed E-state index contributed by atoms with van der Waals surface area (Å²) in [6.45, 7) is 9.68. The van der Waals surface area contributed by atoms with Crippen LogP contribution in [0.5, 0.6) is 0 Å². The van der Waals surface area contributed by atoms with E-state index in [0.29, 0.717) is 11.8 Å². The van der Waals surface area contributed by atoms with Crippen molar-refractivity contribution >= 4 is 17.1 Å². The maximum atomic E-state index is 2.51. The third-order valence-electron chi connectivity index (χ3n) is 14.3. The van der Waals surface area contributed by atoms with Crippen molar-refractivity contribution in [3.63, 3.8) is 0 Å². The fourth-order valence-electron chi connectivity index (χ4n) is 11.3. The van der Waals surface area contributed by atoms with E-state index >= 15 is 0 Å². The van der Waals surface area contributed by atoms with E-state index in [0.717, 1.165) is 0 Å². The first-order chi connectivity index (χ1) is 26.8. The van der Waals surface area contributed by atoms with Gasteiger partial charge in [-0.15, -0.1) is 0 Å². The zero-order valence-electron chi connectivity index (χ0n) is 33.3. The topological polar surface area (TPSA) is 3.24 Å². The molecule has 4 aliphatic carbocycles. The summed E-state index contributed by atoms with van der Waals surface area (Å²) in [5.41, 5.74) is 20.4. The van der Waals surface area contributed by atoms with Gasteiger partial charge in [0.15, 0.2) is 0 Å². The van der Waals surface area contributed by atoms with Crippen LogP contribution < -0.4 is 4.90 Å². The summed E-state index contributed by atoms with van der Waals surface area (Å²) in [7, 11) is 0. The maximum Gasteiger partial charge on any atom is 0.0465 e. The molecule has 6 aromatic carbocycles. The number of anilines is 3. The van der Waals surface area contributed by atoms with Gasteiger partial charge < -0.3 is 4.90 Å². The molecule has 0 radical (unpaired) electrons. The van der Waals surface area contributed by atoms with E-state index < -0.39 is 0 Å². The van der Waals surface area contributed by atoms with E-state index in [1.807, 2.05) is 0 Å². The lowest BCUT2D eigenvalue weighted by atomic mass is 9.77. The van der Waals surface area contributed by atoms with Gasteiger partial charge in [-0.2, -0.15) is 0 Å². The Bertz CT molecular complexity index is 2320. The normalized spacial score (nSPS) is 18.3. The van der Waals surface area contributed by atoms with E-state index in [4.69, 9.17) is 0 Å². The summed E-state index contributed by atoms with van der Waals surface area (Å²) in [4.78, 5) is 2.51. The summed E-state index contributed by atoms with van der Waals surface area (Å²) in [6.07, 6.45) is 13.5. The zero-order chi connectivity index (χ0) is 37.3. The van der Waals surface area contributed by atoms with Gasteiger partial charge in [0, 0.05) is 27.9 Å². The Kier molecular flexibility index (Phi) is 8.43. The maximum absolute atomic E-state index is 2.51. The van der Waals surface area contributed by atoms with Crippen molar-refractivity contribution in [3.05, 3.63) is 161 Å². The fraction of sp³-hybridized carbons (Fsp3) is 0.333.